The lowest BCUT2D eigenvalue weighted by molar-refractivity contribution is 0.0829. The maximum absolute atomic E-state index is 12.7. The highest BCUT2D eigenvalue weighted by molar-refractivity contribution is 7.18. The van der Waals surface area contributed by atoms with Crippen LogP contribution < -0.4 is 11.1 Å². The van der Waals surface area contributed by atoms with Gasteiger partial charge in [0.2, 0.25) is 0 Å². The summed E-state index contributed by atoms with van der Waals surface area (Å²) in [5.41, 5.74) is 9.61. The third-order valence-corrected chi connectivity index (χ3v) is 5.84. The zero-order chi connectivity index (χ0) is 21.8. The second-order valence-corrected chi connectivity index (χ2v) is 8.37. The third kappa shape index (κ3) is 4.70. The van der Waals surface area contributed by atoms with E-state index in [1.807, 2.05) is 35.7 Å². The lowest BCUT2D eigenvalue weighted by Gasteiger charge is -2.15. The van der Waals surface area contributed by atoms with E-state index >= 15 is 0 Å². The lowest BCUT2D eigenvalue weighted by Crippen LogP contribution is -2.31. The Morgan fingerprint density at radius 1 is 1.13 bits per heavy atom. The van der Waals surface area contributed by atoms with Crippen molar-refractivity contribution >= 4 is 33.3 Å². The molecule has 0 bridgehead atoms. The minimum absolute atomic E-state index is 0.0837. The standard InChI is InChI=1S/C23H24N6OS/c1-29(2)23(30)18-14-31-20-19(18)27-21(16-8-10-25-11-9-16)28-22(20)26-13-17(24)12-15-6-4-3-5-7-15/h3-11,14,17H,12-13,24H2,1-2H3,(H,26,27,28). The maximum Gasteiger partial charge on any atom is 0.256 e. The molecule has 0 fully saturated rings. The molecule has 0 aliphatic heterocycles. The largest absolute Gasteiger partial charge is 0.367 e. The van der Waals surface area contributed by atoms with Crippen LogP contribution in [0.15, 0.2) is 60.2 Å². The van der Waals surface area contributed by atoms with Gasteiger partial charge in [0.1, 0.15) is 11.3 Å². The van der Waals surface area contributed by atoms with Crippen LogP contribution in [0.25, 0.3) is 21.6 Å². The number of aromatic nitrogens is 3. The average Bonchev–Trinajstić information content (AvgIpc) is 3.22. The Bertz CT molecular complexity index is 1180. The predicted octanol–water partition coefficient (Wildman–Crippen LogP) is 3.44. The summed E-state index contributed by atoms with van der Waals surface area (Å²) in [5, 5.41) is 5.23. The minimum atomic E-state index is -0.0858. The molecule has 0 saturated heterocycles. The molecule has 0 saturated carbocycles. The van der Waals surface area contributed by atoms with Crippen molar-refractivity contribution in [3.8, 4) is 11.4 Å². The number of fused-ring (bicyclic) bond motifs is 1. The van der Waals surface area contributed by atoms with Crippen LogP contribution in [0.1, 0.15) is 15.9 Å². The molecule has 3 heterocycles. The first-order valence-corrected chi connectivity index (χ1v) is 10.9. The second-order valence-electron chi connectivity index (χ2n) is 7.49. The highest BCUT2D eigenvalue weighted by Gasteiger charge is 2.20. The SMILES string of the molecule is CN(C)C(=O)c1csc2c(NCC(N)Cc3ccccc3)nc(-c3ccncc3)nc12. The van der Waals surface area contributed by atoms with Crippen molar-refractivity contribution in [2.45, 2.75) is 12.5 Å². The fourth-order valence-corrected chi connectivity index (χ4v) is 4.22. The number of nitrogens with zero attached hydrogens (tertiary/aromatic N) is 4. The Balaban J connectivity index is 1.67. The van der Waals surface area contributed by atoms with Gasteiger partial charge in [-0.1, -0.05) is 30.3 Å². The van der Waals surface area contributed by atoms with Gasteiger partial charge in [0.15, 0.2) is 5.82 Å². The fraction of sp³-hybridized carbons (Fsp3) is 0.217. The van der Waals surface area contributed by atoms with E-state index in [0.29, 0.717) is 29.3 Å². The Hall–Kier alpha value is -3.36. The molecule has 0 aliphatic carbocycles. The molecule has 0 aliphatic rings. The van der Waals surface area contributed by atoms with Gasteiger partial charge in [-0.15, -0.1) is 11.3 Å². The molecule has 1 amide bonds. The van der Waals surface area contributed by atoms with Crippen LogP contribution in [0.2, 0.25) is 0 Å². The summed E-state index contributed by atoms with van der Waals surface area (Å²) in [6.45, 7) is 0.547. The van der Waals surface area contributed by atoms with Gasteiger partial charge in [0.25, 0.3) is 5.91 Å². The quantitative estimate of drug-likeness (QED) is 0.464. The molecule has 3 N–H and O–H groups in total. The number of nitrogens with two attached hydrogens (primary N) is 1. The van der Waals surface area contributed by atoms with Crippen molar-refractivity contribution in [1.82, 2.24) is 19.9 Å². The number of carbonyl (C=O) groups excluding carboxylic acids is 1. The topological polar surface area (TPSA) is 97.0 Å². The zero-order valence-corrected chi connectivity index (χ0v) is 18.3. The highest BCUT2D eigenvalue weighted by atomic mass is 32.1. The van der Waals surface area contributed by atoms with Crippen molar-refractivity contribution in [3.63, 3.8) is 0 Å². The van der Waals surface area contributed by atoms with Gasteiger partial charge in [-0.3, -0.25) is 9.78 Å². The summed E-state index contributed by atoms with van der Waals surface area (Å²) in [7, 11) is 3.47. The predicted molar refractivity (Wildman–Crippen MR) is 125 cm³/mol. The first-order valence-electron chi connectivity index (χ1n) is 9.97. The van der Waals surface area contributed by atoms with E-state index in [-0.39, 0.29) is 11.9 Å². The number of hydrogen-bond acceptors (Lipinski definition) is 7. The lowest BCUT2D eigenvalue weighted by atomic mass is 10.1. The van der Waals surface area contributed by atoms with Crippen molar-refractivity contribution in [2.24, 2.45) is 5.73 Å². The monoisotopic (exact) mass is 432 g/mol. The minimum Gasteiger partial charge on any atom is -0.367 e. The first-order chi connectivity index (χ1) is 15.0. The van der Waals surface area contributed by atoms with E-state index in [2.05, 4.69) is 22.4 Å². The van der Waals surface area contributed by atoms with E-state index in [1.165, 1.54) is 16.9 Å². The average molecular weight is 433 g/mol. The van der Waals surface area contributed by atoms with E-state index in [1.54, 1.807) is 31.4 Å². The molecular formula is C23H24N6OS. The van der Waals surface area contributed by atoms with E-state index in [9.17, 15) is 4.79 Å². The molecule has 1 aromatic carbocycles. The Morgan fingerprint density at radius 2 is 1.87 bits per heavy atom. The molecule has 0 radical (unpaired) electrons. The van der Waals surface area contributed by atoms with Crippen LogP contribution >= 0.6 is 11.3 Å². The van der Waals surface area contributed by atoms with Crippen molar-refractivity contribution < 1.29 is 4.79 Å². The Kier molecular flexibility index (Phi) is 6.20. The van der Waals surface area contributed by atoms with Crippen LogP contribution in [0, 0.1) is 0 Å². The van der Waals surface area contributed by atoms with Gasteiger partial charge in [-0.25, -0.2) is 9.97 Å². The number of pyridine rings is 1. The summed E-state index contributed by atoms with van der Waals surface area (Å²) < 4.78 is 0.843. The molecule has 158 valence electrons. The van der Waals surface area contributed by atoms with Crippen LogP contribution in [0.3, 0.4) is 0 Å². The van der Waals surface area contributed by atoms with Crippen LogP contribution in [0.5, 0.6) is 0 Å². The van der Waals surface area contributed by atoms with E-state index < -0.39 is 0 Å². The van der Waals surface area contributed by atoms with Gasteiger partial charge in [-0.05, 0) is 24.1 Å². The van der Waals surface area contributed by atoms with E-state index in [4.69, 9.17) is 15.7 Å². The van der Waals surface area contributed by atoms with Crippen LogP contribution in [-0.2, 0) is 6.42 Å². The molecule has 8 heteroatoms. The third-order valence-electron chi connectivity index (χ3n) is 4.86. The molecule has 3 aromatic heterocycles. The number of thiophene rings is 1. The molecule has 1 unspecified atom stereocenters. The molecule has 4 rings (SSSR count). The number of hydrogen-bond donors (Lipinski definition) is 2. The zero-order valence-electron chi connectivity index (χ0n) is 17.4. The molecule has 31 heavy (non-hydrogen) atoms. The first kappa shape index (κ1) is 20.9. The number of anilines is 1. The summed E-state index contributed by atoms with van der Waals surface area (Å²) in [6.07, 6.45) is 4.16. The van der Waals surface area contributed by atoms with Crippen LogP contribution in [0.4, 0.5) is 5.82 Å². The van der Waals surface area contributed by atoms with Gasteiger partial charge in [0.05, 0.1) is 10.3 Å². The number of amides is 1. The Morgan fingerprint density at radius 3 is 2.58 bits per heavy atom. The number of carbonyl (C=O) groups is 1. The van der Waals surface area contributed by atoms with Gasteiger partial charge >= 0.3 is 0 Å². The van der Waals surface area contributed by atoms with Crippen LogP contribution in [-0.4, -0.2) is 52.4 Å². The summed E-state index contributed by atoms with van der Waals surface area (Å²) in [5.74, 6) is 1.14. The molecule has 4 aromatic rings. The summed E-state index contributed by atoms with van der Waals surface area (Å²) in [6, 6.07) is 13.8. The molecule has 1 atom stereocenters. The van der Waals surface area contributed by atoms with Gasteiger partial charge in [-0.2, -0.15) is 0 Å². The van der Waals surface area contributed by atoms with Gasteiger partial charge < -0.3 is 16.0 Å². The molecular weight excluding hydrogens is 408 g/mol. The smallest absolute Gasteiger partial charge is 0.256 e. The molecule has 0 spiro atoms. The normalized spacial score (nSPS) is 12.0. The summed E-state index contributed by atoms with van der Waals surface area (Å²) in [4.78, 5) is 27.8. The van der Waals surface area contributed by atoms with Crippen molar-refractivity contribution in [3.05, 3.63) is 71.4 Å². The number of benzene rings is 1. The number of nitrogens with one attached hydrogen (secondary N) is 1. The number of rotatable bonds is 7. The van der Waals surface area contributed by atoms with Gasteiger partial charge in [0, 0.05) is 50.0 Å². The highest BCUT2D eigenvalue weighted by Crippen LogP contribution is 2.32. The Labute approximate surface area is 185 Å². The van der Waals surface area contributed by atoms with Crippen molar-refractivity contribution in [2.75, 3.05) is 26.0 Å². The van der Waals surface area contributed by atoms with E-state index in [0.717, 1.165) is 16.7 Å². The maximum atomic E-state index is 12.7. The molecule has 7 nitrogen and oxygen atoms in total. The summed E-state index contributed by atoms with van der Waals surface area (Å²) >= 11 is 1.46. The van der Waals surface area contributed by atoms with Crippen molar-refractivity contribution in [1.29, 1.82) is 0 Å². The second kappa shape index (κ2) is 9.20. The fourth-order valence-electron chi connectivity index (χ4n) is 3.28.